The summed E-state index contributed by atoms with van der Waals surface area (Å²) in [5, 5.41) is 41.0. The Morgan fingerprint density at radius 1 is 0.700 bits per heavy atom. The van der Waals surface area contributed by atoms with Gasteiger partial charge in [-0.15, -0.1) is 0 Å². The Bertz CT molecular complexity index is 1960. The minimum atomic E-state index is -0.993. The molecule has 3 amide bonds. The molecule has 1 heterocycles. The third kappa shape index (κ3) is 15.0. The molecule has 1 aromatic heterocycles. The Kier molecular flexibility index (Phi) is 19.6. The van der Waals surface area contributed by atoms with Crippen molar-refractivity contribution in [1.29, 1.82) is 0 Å². The fourth-order valence-corrected chi connectivity index (χ4v) is 7.25. The number of hydrogen-bond donors (Lipinski definition) is 11. The van der Waals surface area contributed by atoms with E-state index < -0.39 is 47.9 Å². The highest BCUT2D eigenvalue weighted by atomic mass is 16.4. The number of carbonyl (C=O) groups excluding carboxylic acids is 3. The van der Waals surface area contributed by atoms with Crippen LogP contribution in [0.5, 0.6) is 11.5 Å². The largest absolute Gasteiger partial charge is 0.508 e. The first-order valence-corrected chi connectivity index (χ1v) is 20.6. The fraction of sp³-hybridized carbons (Fsp3) is 0.535. The van der Waals surface area contributed by atoms with Gasteiger partial charge in [0.25, 0.3) is 5.56 Å². The number of nitrogens with one attached hydrogen (secondary N) is 5. The molecule has 0 bridgehead atoms. The van der Waals surface area contributed by atoms with Gasteiger partial charge in [-0.25, -0.2) is 0 Å². The Labute approximate surface area is 351 Å². The number of carboxylic acid groups (broad SMARTS) is 1. The van der Waals surface area contributed by atoms with Crippen LogP contribution in [-0.2, 0) is 44.9 Å². The molecule has 17 heteroatoms. The molecule has 0 aliphatic carbocycles. The van der Waals surface area contributed by atoms with Crippen molar-refractivity contribution in [2.24, 2.45) is 17.2 Å². The number of aromatic hydroxyl groups is 2. The van der Waals surface area contributed by atoms with Crippen LogP contribution in [-0.4, -0.2) is 99.3 Å². The fourth-order valence-electron chi connectivity index (χ4n) is 7.25. The summed E-state index contributed by atoms with van der Waals surface area (Å²) in [5.74, 6) is -2.24. The van der Waals surface area contributed by atoms with E-state index in [9.17, 15) is 39.3 Å². The van der Waals surface area contributed by atoms with Gasteiger partial charge in [0.1, 0.15) is 35.3 Å². The molecule has 60 heavy (non-hydrogen) atoms. The van der Waals surface area contributed by atoms with E-state index in [1.807, 2.05) is 27.7 Å². The van der Waals surface area contributed by atoms with Gasteiger partial charge in [0.15, 0.2) is 0 Å². The molecule has 0 saturated heterocycles. The minimum absolute atomic E-state index is 0.121. The Morgan fingerprint density at radius 2 is 1.20 bits per heavy atom. The third-order valence-corrected chi connectivity index (χ3v) is 10.6. The number of rotatable bonds is 25. The van der Waals surface area contributed by atoms with E-state index in [-0.39, 0.29) is 55.8 Å². The van der Waals surface area contributed by atoms with Crippen LogP contribution in [0.2, 0.25) is 0 Å². The maximum Gasteiger partial charge on any atom is 0.321 e. The maximum atomic E-state index is 13.5. The molecule has 0 aliphatic rings. The lowest BCUT2D eigenvalue weighted by atomic mass is 9.95. The van der Waals surface area contributed by atoms with E-state index >= 15 is 0 Å². The number of aryl methyl sites for hydroxylation is 7. The second kappa shape index (κ2) is 24.0. The normalized spacial score (nSPS) is 13.3. The van der Waals surface area contributed by atoms with Gasteiger partial charge in [0.05, 0.1) is 11.7 Å². The number of aromatic nitrogens is 2. The summed E-state index contributed by atoms with van der Waals surface area (Å²) in [5.41, 5.74) is 23.9. The van der Waals surface area contributed by atoms with Crippen molar-refractivity contribution in [3.8, 4) is 11.5 Å². The van der Waals surface area contributed by atoms with Gasteiger partial charge in [0.2, 0.25) is 17.7 Å². The number of phenolic OH excluding ortho intramolecular Hbond substituents is 2. The molecule has 3 rings (SSSR count). The van der Waals surface area contributed by atoms with E-state index in [0.717, 1.165) is 33.4 Å². The number of amides is 3. The van der Waals surface area contributed by atoms with Gasteiger partial charge in [-0.1, -0.05) is 0 Å². The van der Waals surface area contributed by atoms with Crippen molar-refractivity contribution in [2.45, 2.75) is 123 Å². The molecule has 0 unspecified atom stereocenters. The van der Waals surface area contributed by atoms with E-state index in [1.165, 1.54) is 0 Å². The predicted octanol–water partition coefficient (Wildman–Crippen LogP) is 1.01. The third-order valence-electron chi connectivity index (χ3n) is 10.6. The standard InChI is InChI=1S/C43H65N9O8/c1-24-18-29(53)19-25(2)31(24)22-33(46)39(55)51-37(11-7-15-45)42(58)52-35(10-6-14-44)40(56)48-17-8-12-34-28(5)49-36(41(57)50-34)13-9-16-47-38(43(59)60)23-32-26(3)20-30(54)21-27(32)4/h18-21,33,35,37-38,47,53-54H,6-17,22-23,44-46H2,1-5H3,(H,48,56)(H,50,57)(H,51,55)(H,52,58)(H,59,60)/t33-,35-,37-,38-/m0/s1. The Morgan fingerprint density at radius 3 is 1.73 bits per heavy atom. The highest BCUT2D eigenvalue weighted by Gasteiger charge is 2.28. The predicted molar refractivity (Wildman–Crippen MR) is 230 cm³/mol. The second-order valence-corrected chi connectivity index (χ2v) is 15.5. The number of nitrogens with zero attached hydrogens (tertiary/aromatic N) is 1. The number of aromatic amines is 1. The molecule has 14 N–H and O–H groups in total. The number of carbonyl (C=O) groups is 4. The van der Waals surface area contributed by atoms with Crippen LogP contribution in [0.3, 0.4) is 0 Å². The van der Waals surface area contributed by atoms with Gasteiger partial charge >= 0.3 is 5.97 Å². The van der Waals surface area contributed by atoms with Crippen LogP contribution in [0.4, 0.5) is 0 Å². The number of nitrogens with two attached hydrogens (primary N) is 3. The zero-order chi connectivity index (χ0) is 44.5. The molecule has 330 valence electrons. The van der Waals surface area contributed by atoms with Gasteiger partial charge in [-0.2, -0.15) is 0 Å². The summed E-state index contributed by atoms with van der Waals surface area (Å²) in [6.45, 7) is 10.3. The lowest BCUT2D eigenvalue weighted by molar-refractivity contribution is -0.139. The topological polar surface area (TPSA) is 301 Å². The lowest BCUT2D eigenvalue weighted by Crippen LogP contribution is -2.56. The molecular weight excluding hydrogens is 771 g/mol. The van der Waals surface area contributed by atoms with E-state index in [1.54, 1.807) is 31.2 Å². The number of aliphatic carboxylic acids is 1. The Hall–Kier alpha value is -5.36. The second-order valence-electron chi connectivity index (χ2n) is 15.5. The average Bonchev–Trinajstić information content (AvgIpc) is 3.17. The monoisotopic (exact) mass is 835 g/mol. The smallest absolute Gasteiger partial charge is 0.321 e. The van der Waals surface area contributed by atoms with E-state index in [2.05, 4.69) is 31.2 Å². The number of benzene rings is 2. The van der Waals surface area contributed by atoms with Crippen molar-refractivity contribution in [1.82, 2.24) is 31.2 Å². The van der Waals surface area contributed by atoms with Crippen molar-refractivity contribution < 1.29 is 34.5 Å². The lowest BCUT2D eigenvalue weighted by Gasteiger charge is -2.24. The molecule has 0 saturated carbocycles. The molecule has 0 spiro atoms. The van der Waals surface area contributed by atoms with Crippen molar-refractivity contribution in [2.75, 3.05) is 26.2 Å². The summed E-state index contributed by atoms with van der Waals surface area (Å²) in [4.78, 5) is 72.4. The summed E-state index contributed by atoms with van der Waals surface area (Å²) in [7, 11) is 0. The average molecular weight is 836 g/mol. The summed E-state index contributed by atoms with van der Waals surface area (Å²) < 4.78 is 0. The van der Waals surface area contributed by atoms with Crippen molar-refractivity contribution >= 4 is 23.7 Å². The molecule has 17 nitrogen and oxygen atoms in total. The summed E-state index contributed by atoms with van der Waals surface area (Å²) >= 11 is 0. The van der Waals surface area contributed by atoms with Crippen LogP contribution in [0.15, 0.2) is 29.1 Å². The molecule has 4 atom stereocenters. The quantitative estimate of drug-likeness (QED) is 0.0532. The van der Waals surface area contributed by atoms with Gasteiger partial charge < -0.3 is 58.8 Å². The molecule has 3 aromatic rings. The zero-order valence-corrected chi connectivity index (χ0v) is 35.6. The number of phenols is 2. The first kappa shape index (κ1) is 49.0. The van der Waals surface area contributed by atoms with Crippen LogP contribution in [0, 0.1) is 34.6 Å². The zero-order valence-electron chi connectivity index (χ0n) is 35.6. The van der Waals surface area contributed by atoms with Crippen LogP contribution in [0.25, 0.3) is 0 Å². The highest BCUT2D eigenvalue weighted by molar-refractivity contribution is 5.93. The summed E-state index contributed by atoms with van der Waals surface area (Å²) in [6, 6.07) is 2.70. The first-order valence-electron chi connectivity index (χ1n) is 20.6. The first-order chi connectivity index (χ1) is 28.4. The minimum Gasteiger partial charge on any atom is -0.508 e. The molecule has 0 aliphatic heterocycles. The number of carboxylic acids is 1. The van der Waals surface area contributed by atoms with Crippen LogP contribution in [0.1, 0.15) is 89.0 Å². The van der Waals surface area contributed by atoms with Crippen LogP contribution < -0.4 is 44.0 Å². The Balaban J connectivity index is 1.53. The molecule has 2 aromatic carbocycles. The van der Waals surface area contributed by atoms with Crippen molar-refractivity contribution in [3.63, 3.8) is 0 Å². The molecule has 0 radical (unpaired) electrons. The maximum absolute atomic E-state index is 13.5. The summed E-state index contributed by atoms with van der Waals surface area (Å²) in [6.07, 6.45) is 3.55. The molecular formula is C43H65N9O8. The number of H-pyrrole nitrogens is 1. The highest BCUT2D eigenvalue weighted by Crippen LogP contribution is 2.23. The van der Waals surface area contributed by atoms with Crippen molar-refractivity contribution in [3.05, 3.63) is 85.1 Å². The van der Waals surface area contributed by atoms with Crippen LogP contribution >= 0.6 is 0 Å². The van der Waals surface area contributed by atoms with Gasteiger partial charge in [-0.3, -0.25) is 29.0 Å². The van der Waals surface area contributed by atoms with Gasteiger partial charge in [-0.05, 0) is 176 Å². The number of hydrogen-bond acceptors (Lipinski definition) is 12. The van der Waals surface area contributed by atoms with Gasteiger partial charge in [0, 0.05) is 12.2 Å². The van der Waals surface area contributed by atoms with E-state index in [0.29, 0.717) is 68.7 Å². The SMILES string of the molecule is Cc1cc(O)cc(C)c1C[C@H](NCCCc1nc(C)c(CCCNC(=O)[C@H](CCCN)NC(=O)[C@H](CCCN)NC(=O)[C@@H](N)Cc2c(C)cc(O)cc2C)[nH]c1=O)C(=O)O. The molecule has 0 fully saturated rings. The van der Waals surface area contributed by atoms with E-state index in [4.69, 9.17) is 17.2 Å².